The van der Waals surface area contributed by atoms with Crippen LogP contribution in [0.15, 0.2) is 76.2 Å². The number of halogens is 2. The molecule has 45 heavy (non-hydrogen) atoms. The maximum atomic E-state index is 14.1. The summed E-state index contributed by atoms with van der Waals surface area (Å²) in [4.78, 5) is 31.8. The van der Waals surface area contributed by atoms with E-state index >= 15 is 0 Å². The summed E-state index contributed by atoms with van der Waals surface area (Å²) < 4.78 is 24.4. The second kappa shape index (κ2) is 14.0. The van der Waals surface area contributed by atoms with Gasteiger partial charge in [-0.05, 0) is 55.8 Å². The van der Waals surface area contributed by atoms with Gasteiger partial charge in [-0.25, -0.2) is 9.79 Å². The number of nitriles is 1. The number of nitrogens with zero attached hydrogens (tertiary/aromatic N) is 3. The molecular weight excluding hydrogens is 637 g/mol. The van der Waals surface area contributed by atoms with Crippen LogP contribution in [0, 0.1) is 11.3 Å². The van der Waals surface area contributed by atoms with Crippen molar-refractivity contribution in [3.8, 4) is 23.3 Å². The van der Waals surface area contributed by atoms with E-state index in [-0.39, 0.29) is 17.2 Å². The fourth-order valence-corrected chi connectivity index (χ4v) is 6.40. The maximum Gasteiger partial charge on any atom is 0.337 e. The van der Waals surface area contributed by atoms with E-state index in [1.807, 2.05) is 19.9 Å². The SMILES string of the molecule is CCOc1ccc([C@H]2C(C(=O)OC)=CN=c3s/c(=C/c4cc(Cl)cc(Cl)c4OCc4ccccc4C#N)c(=O)n32)cc1OCC. The third-order valence-corrected chi connectivity index (χ3v) is 8.34. The average molecular weight is 665 g/mol. The number of carbonyl (C=O) groups is 1. The topological polar surface area (TPSA) is 112 Å². The zero-order chi connectivity index (χ0) is 32.1. The smallest absolute Gasteiger partial charge is 0.337 e. The summed E-state index contributed by atoms with van der Waals surface area (Å²) in [6, 6.07) is 16.8. The second-order valence-electron chi connectivity index (χ2n) is 9.61. The van der Waals surface area contributed by atoms with Crippen LogP contribution in [0.4, 0.5) is 0 Å². The van der Waals surface area contributed by atoms with E-state index in [4.69, 9.17) is 42.1 Å². The molecule has 1 aromatic heterocycles. The number of hydrogen-bond donors (Lipinski definition) is 0. The molecule has 0 aliphatic carbocycles. The molecule has 0 unspecified atom stereocenters. The Hall–Kier alpha value is -4.56. The molecule has 0 N–H and O–H groups in total. The number of aromatic nitrogens is 1. The first kappa shape index (κ1) is 31.9. The van der Waals surface area contributed by atoms with Gasteiger partial charge in [0, 0.05) is 22.3 Å². The highest BCUT2D eigenvalue weighted by Crippen LogP contribution is 2.36. The van der Waals surface area contributed by atoms with Crippen molar-refractivity contribution in [1.82, 2.24) is 4.57 Å². The molecule has 0 bridgehead atoms. The van der Waals surface area contributed by atoms with Crippen LogP contribution < -0.4 is 29.1 Å². The van der Waals surface area contributed by atoms with Crippen molar-refractivity contribution in [3.63, 3.8) is 0 Å². The van der Waals surface area contributed by atoms with Crippen molar-refractivity contribution in [1.29, 1.82) is 5.26 Å². The van der Waals surface area contributed by atoms with E-state index in [0.717, 1.165) is 11.3 Å². The molecule has 0 saturated carbocycles. The normalized spacial score (nSPS) is 14.1. The van der Waals surface area contributed by atoms with Crippen LogP contribution >= 0.6 is 34.5 Å². The Balaban J connectivity index is 1.63. The average Bonchev–Trinajstić information content (AvgIpc) is 3.35. The first-order valence-electron chi connectivity index (χ1n) is 13.9. The van der Waals surface area contributed by atoms with Crippen LogP contribution in [0.2, 0.25) is 10.0 Å². The summed E-state index contributed by atoms with van der Waals surface area (Å²) in [6.07, 6.45) is 3.04. The molecule has 1 atom stereocenters. The van der Waals surface area contributed by atoms with Gasteiger partial charge in [0.15, 0.2) is 16.3 Å². The summed E-state index contributed by atoms with van der Waals surface area (Å²) in [5, 5.41) is 10.0. The van der Waals surface area contributed by atoms with Crippen molar-refractivity contribution in [2.24, 2.45) is 4.99 Å². The van der Waals surface area contributed by atoms with E-state index in [1.54, 1.807) is 48.5 Å². The van der Waals surface area contributed by atoms with Crippen LogP contribution in [0.25, 0.3) is 6.08 Å². The van der Waals surface area contributed by atoms with Crippen molar-refractivity contribution in [3.05, 3.63) is 118 Å². The highest BCUT2D eigenvalue weighted by Gasteiger charge is 2.31. The van der Waals surface area contributed by atoms with Crippen LogP contribution in [-0.2, 0) is 16.1 Å². The number of thiazole rings is 1. The Bertz CT molecular complexity index is 2030. The van der Waals surface area contributed by atoms with Gasteiger partial charge >= 0.3 is 5.97 Å². The summed E-state index contributed by atoms with van der Waals surface area (Å²) in [5.41, 5.74) is 1.98. The zero-order valence-corrected chi connectivity index (χ0v) is 26.8. The molecule has 1 aliphatic rings. The van der Waals surface area contributed by atoms with Crippen molar-refractivity contribution >= 4 is 46.6 Å². The minimum atomic E-state index is -0.855. The first-order chi connectivity index (χ1) is 21.8. The summed E-state index contributed by atoms with van der Waals surface area (Å²) in [7, 11) is 1.27. The molecule has 2 heterocycles. The molecule has 0 radical (unpaired) electrons. The molecule has 1 aliphatic heterocycles. The predicted molar refractivity (Wildman–Crippen MR) is 172 cm³/mol. The number of esters is 1. The van der Waals surface area contributed by atoms with Gasteiger partial charge < -0.3 is 18.9 Å². The number of ether oxygens (including phenoxy) is 4. The van der Waals surface area contributed by atoms with Crippen molar-refractivity contribution in [2.75, 3.05) is 20.3 Å². The Morgan fingerprint density at radius 1 is 1.07 bits per heavy atom. The number of carbonyl (C=O) groups excluding carboxylic acids is 1. The molecule has 0 amide bonds. The highest BCUT2D eigenvalue weighted by molar-refractivity contribution is 7.07. The highest BCUT2D eigenvalue weighted by atomic mass is 35.5. The molecule has 0 fully saturated rings. The third-order valence-electron chi connectivity index (χ3n) is 6.84. The third kappa shape index (κ3) is 6.61. The predicted octanol–water partition coefficient (Wildman–Crippen LogP) is 5.57. The zero-order valence-electron chi connectivity index (χ0n) is 24.5. The molecule has 230 valence electrons. The van der Waals surface area contributed by atoms with Crippen LogP contribution in [0.3, 0.4) is 0 Å². The minimum Gasteiger partial charge on any atom is -0.490 e. The number of fused-ring (bicyclic) bond motifs is 1. The fourth-order valence-electron chi connectivity index (χ4n) is 4.87. The molecule has 12 heteroatoms. The van der Waals surface area contributed by atoms with Gasteiger partial charge in [0.1, 0.15) is 12.4 Å². The standard InChI is InChI=1S/C33H27Cl2N3O6S/c1-4-42-26-11-10-19(13-27(26)43-5-2)29-24(32(40)41-3)17-37-33-38(29)31(39)28(45-33)14-22-12-23(34)15-25(35)30(22)44-18-21-9-7-6-8-20(21)16-36/h6-15,17,29H,4-5,18H2,1-3H3/b28-14+/t29-/m0/s1. The molecule has 5 rings (SSSR count). The largest absolute Gasteiger partial charge is 0.490 e. The fraction of sp³-hybridized carbons (Fsp3) is 0.212. The number of benzene rings is 3. The van der Waals surface area contributed by atoms with Crippen molar-refractivity contribution in [2.45, 2.75) is 26.5 Å². The van der Waals surface area contributed by atoms with Gasteiger partial charge in [0.05, 0.1) is 53.1 Å². The van der Waals surface area contributed by atoms with E-state index < -0.39 is 17.6 Å². The molecule has 0 saturated heterocycles. The van der Waals surface area contributed by atoms with E-state index in [0.29, 0.717) is 67.1 Å². The molecular formula is C33H27Cl2N3O6S. The van der Waals surface area contributed by atoms with E-state index in [2.05, 4.69) is 11.1 Å². The number of hydrogen-bond acceptors (Lipinski definition) is 9. The summed E-state index contributed by atoms with van der Waals surface area (Å²) >= 11 is 14.0. The Morgan fingerprint density at radius 2 is 1.82 bits per heavy atom. The monoisotopic (exact) mass is 663 g/mol. The Kier molecular flexibility index (Phi) is 9.93. The van der Waals surface area contributed by atoms with Gasteiger partial charge in [-0.1, -0.05) is 58.8 Å². The number of rotatable bonds is 10. The number of methoxy groups -OCH3 is 1. The summed E-state index contributed by atoms with van der Waals surface area (Å²) in [6.45, 7) is 4.62. The van der Waals surface area contributed by atoms with Gasteiger partial charge in [-0.15, -0.1) is 0 Å². The second-order valence-corrected chi connectivity index (χ2v) is 11.5. The molecule has 4 aromatic rings. The summed E-state index contributed by atoms with van der Waals surface area (Å²) in [5.74, 6) is 0.689. The first-order valence-corrected chi connectivity index (χ1v) is 15.4. The van der Waals surface area contributed by atoms with Crippen LogP contribution in [-0.4, -0.2) is 30.9 Å². The van der Waals surface area contributed by atoms with Gasteiger partial charge in [0.2, 0.25) is 0 Å². The van der Waals surface area contributed by atoms with Gasteiger partial charge in [-0.2, -0.15) is 5.26 Å². The van der Waals surface area contributed by atoms with Crippen LogP contribution in [0.1, 0.15) is 42.1 Å². The van der Waals surface area contributed by atoms with Crippen LogP contribution in [0.5, 0.6) is 17.2 Å². The minimum absolute atomic E-state index is 0.0650. The lowest BCUT2D eigenvalue weighted by atomic mass is 9.97. The van der Waals surface area contributed by atoms with Crippen molar-refractivity contribution < 1.29 is 23.7 Å². The lowest BCUT2D eigenvalue weighted by molar-refractivity contribution is -0.136. The quantitative estimate of drug-likeness (QED) is 0.204. The van der Waals surface area contributed by atoms with E-state index in [1.165, 1.54) is 23.9 Å². The molecule has 9 nitrogen and oxygen atoms in total. The van der Waals surface area contributed by atoms with Gasteiger partial charge in [0.25, 0.3) is 5.56 Å². The maximum absolute atomic E-state index is 14.1. The Morgan fingerprint density at radius 3 is 2.56 bits per heavy atom. The van der Waals surface area contributed by atoms with E-state index in [9.17, 15) is 14.9 Å². The Labute approximate surface area is 272 Å². The van der Waals surface area contributed by atoms with Gasteiger partial charge in [-0.3, -0.25) is 9.36 Å². The lowest BCUT2D eigenvalue weighted by Crippen LogP contribution is -2.39. The lowest BCUT2D eigenvalue weighted by Gasteiger charge is -2.23. The molecule has 0 spiro atoms. The molecule has 3 aromatic carbocycles.